The second kappa shape index (κ2) is 13.7. The van der Waals surface area contributed by atoms with Crippen LogP contribution in [0.25, 0.3) is 16.0 Å². The predicted octanol–water partition coefficient (Wildman–Crippen LogP) is 3.70. The van der Waals surface area contributed by atoms with E-state index in [0.717, 1.165) is 0 Å². The highest BCUT2D eigenvalue weighted by molar-refractivity contribution is 7.44. The number of ether oxygens (including phenoxy) is 2. The second-order valence-electron chi connectivity index (χ2n) is 9.91. The number of hydrogen-bond acceptors (Lipinski definition) is 9. The third-order valence-electron chi connectivity index (χ3n) is 6.08. The molecular formula is C25H40N7O6P. The summed E-state index contributed by atoms with van der Waals surface area (Å²) in [7, 11) is -0.287. The van der Waals surface area contributed by atoms with Crippen LogP contribution in [0.2, 0.25) is 0 Å². The quantitative estimate of drug-likeness (QED) is 0.211. The highest BCUT2D eigenvalue weighted by atomic mass is 31.2. The standard InChI is InChI=1S/C25H40N7O6P/c1-10-17-19(38-39(36-12-11-26-8)32(15(4)5)16(6)7)20(35-9)24(37-17)31-13-27-18-21(31)28-25(30-23(18)34)29-22(33)14(2)3/h13-17,19-20,24H,10-12H2,1-7,9H3,(H2,28,29,30,33,34)/t17-,19?,20+,24-,39?/m1/s1/i10D2. The minimum absolute atomic E-state index is 0.0157. The van der Waals surface area contributed by atoms with Crippen LogP contribution in [-0.4, -0.2) is 80.8 Å². The molecule has 0 aromatic carbocycles. The predicted molar refractivity (Wildman–Crippen MR) is 148 cm³/mol. The Hall–Kier alpha value is -2.46. The summed E-state index contributed by atoms with van der Waals surface area (Å²) < 4.78 is 45.4. The summed E-state index contributed by atoms with van der Waals surface area (Å²) >= 11 is 0. The number of fused-ring (bicyclic) bond motifs is 1. The molecule has 14 heteroatoms. The Morgan fingerprint density at radius 1 is 1.33 bits per heavy atom. The zero-order valence-corrected chi connectivity index (χ0v) is 24.6. The Morgan fingerprint density at radius 3 is 2.59 bits per heavy atom. The number of aromatic nitrogens is 4. The lowest BCUT2D eigenvalue weighted by Crippen LogP contribution is -2.39. The van der Waals surface area contributed by atoms with Crippen molar-refractivity contribution in [1.82, 2.24) is 24.2 Å². The van der Waals surface area contributed by atoms with Crippen molar-refractivity contribution in [2.45, 2.75) is 91.5 Å². The number of amides is 1. The van der Waals surface area contributed by atoms with Crippen molar-refractivity contribution in [3.8, 4) is 0 Å². The molecule has 1 saturated heterocycles. The Kier molecular flexibility index (Phi) is 9.90. The first-order chi connectivity index (χ1) is 19.2. The number of nitrogens with one attached hydrogen (secondary N) is 2. The molecule has 5 atom stereocenters. The molecule has 2 unspecified atom stereocenters. The van der Waals surface area contributed by atoms with Gasteiger partial charge in [-0.2, -0.15) is 4.98 Å². The molecule has 2 aromatic heterocycles. The van der Waals surface area contributed by atoms with Gasteiger partial charge in [0.1, 0.15) is 18.8 Å². The topological polar surface area (TPSA) is 137 Å². The third-order valence-corrected chi connectivity index (χ3v) is 8.21. The smallest absolute Gasteiger partial charge is 0.280 e. The lowest BCUT2D eigenvalue weighted by molar-refractivity contribution is -0.118. The van der Waals surface area contributed by atoms with Gasteiger partial charge in [-0.25, -0.2) is 16.2 Å². The van der Waals surface area contributed by atoms with E-state index in [4.69, 9.17) is 27.8 Å². The van der Waals surface area contributed by atoms with E-state index in [1.165, 1.54) is 24.9 Å². The molecule has 2 aromatic rings. The number of anilines is 1. The average Bonchev–Trinajstić information content (AvgIpc) is 3.44. The Balaban J connectivity index is 2.06. The van der Waals surface area contributed by atoms with Gasteiger partial charge in [0.15, 0.2) is 17.4 Å². The van der Waals surface area contributed by atoms with E-state index >= 15 is 0 Å². The van der Waals surface area contributed by atoms with Crippen LogP contribution in [0.1, 0.15) is 63.8 Å². The van der Waals surface area contributed by atoms with Gasteiger partial charge in [0.2, 0.25) is 18.4 Å². The number of aromatic amines is 1. The highest BCUT2D eigenvalue weighted by Crippen LogP contribution is 2.50. The SMILES string of the molecule is [2H]C([2H])(C)[C@H]1O[C@@H](n2cnc3c(=O)[nH]c(NC(=O)C(C)C)nc32)[C@@H](OC)C1OP(OCC[N+]#[C-])N(C(C)C)C(C)C. The number of carbonyl (C=O) groups excluding carboxylic acids is 1. The van der Waals surface area contributed by atoms with Gasteiger partial charge in [0, 0.05) is 27.9 Å². The molecule has 0 aliphatic carbocycles. The first-order valence-corrected chi connectivity index (χ1v) is 14.0. The number of imidazole rings is 1. The van der Waals surface area contributed by atoms with Crippen molar-refractivity contribution in [1.29, 1.82) is 0 Å². The minimum atomic E-state index is -1.87. The number of rotatable bonds is 13. The number of H-pyrrole nitrogens is 1. The molecule has 3 heterocycles. The molecule has 0 spiro atoms. The first-order valence-electron chi connectivity index (χ1n) is 13.9. The molecule has 0 bridgehead atoms. The fourth-order valence-electron chi connectivity index (χ4n) is 4.29. The Morgan fingerprint density at radius 2 is 2.03 bits per heavy atom. The van der Waals surface area contributed by atoms with Crippen molar-refractivity contribution >= 4 is 31.5 Å². The maximum Gasteiger partial charge on any atom is 0.280 e. The van der Waals surface area contributed by atoms with Gasteiger partial charge >= 0.3 is 0 Å². The van der Waals surface area contributed by atoms with Crippen LogP contribution in [0.5, 0.6) is 0 Å². The lowest BCUT2D eigenvalue weighted by Gasteiger charge is -2.38. The summed E-state index contributed by atoms with van der Waals surface area (Å²) in [5.41, 5.74) is -0.421. The van der Waals surface area contributed by atoms with Crippen molar-refractivity contribution in [2.24, 2.45) is 5.92 Å². The van der Waals surface area contributed by atoms with Crippen molar-refractivity contribution in [3.05, 3.63) is 28.1 Å². The van der Waals surface area contributed by atoms with E-state index in [9.17, 15) is 9.59 Å². The molecule has 3 rings (SSSR count). The number of methoxy groups -OCH3 is 1. The van der Waals surface area contributed by atoms with Gasteiger partial charge in [-0.15, -0.1) is 0 Å². The molecule has 13 nitrogen and oxygen atoms in total. The van der Waals surface area contributed by atoms with E-state index in [1.807, 2.05) is 32.4 Å². The molecule has 2 N–H and O–H groups in total. The van der Waals surface area contributed by atoms with Gasteiger partial charge in [0.05, 0.1) is 12.4 Å². The van der Waals surface area contributed by atoms with Crippen LogP contribution in [0.15, 0.2) is 11.1 Å². The van der Waals surface area contributed by atoms with Crippen LogP contribution in [0.3, 0.4) is 0 Å². The van der Waals surface area contributed by atoms with Crippen molar-refractivity contribution < 1.29 is 26.1 Å². The third kappa shape index (κ3) is 7.01. The van der Waals surface area contributed by atoms with Gasteiger partial charge in [-0.3, -0.25) is 24.5 Å². The number of nitrogens with zero attached hydrogens (tertiary/aromatic N) is 5. The normalized spacial score (nSPS) is 23.5. The molecule has 39 heavy (non-hydrogen) atoms. The Labute approximate surface area is 233 Å². The monoisotopic (exact) mass is 567 g/mol. The van der Waals surface area contributed by atoms with Crippen LogP contribution < -0.4 is 10.9 Å². The van der Waals surface area contributed by atoms with Gasteiger partial charge < -0.3 is 23.4 Å². The zero-order valence-electron chi connectivity index (χ0n) is 25.7. The van der Waals surface area contributed by atoms with E-state index in [0.29, 0.717) is 0 Å². The van der Waals surface area contributed by atoms with Crippen molar-refractivity contribution in [3.63, 3.8) is 0 Å². The van der Waals surface area contributed by atoms with Gasteiger partial charge in [-0.05, 0) is 34.1 Å². The van der Waals surface area contributed by atoms with E-state index in [2.05, 4.69) is 25.1 Å². The van der Waals surface area contributed by atoms with Crippen LogP contribution in [0.4, 0.5) is 5.95 Å². The van der Waals surface area contributed by atoms with Crippen molar-refractivity contribution in [2.75, 3.05) is 25.6 Å². The molecule has 1 aliphatic rings. The summed E-state index contributed by atoms with van der Waals surface area (Å²) in [5.74, 6) is -0.721. The van der Waals surface area contributed by atoms with Crippen LogP contribution >= 0.6 is 8.53 Å². The van der Waals surface area contributed by atoms with E-state index in [1.54, 1.807) is 13.8 Å². The summed E-state index contributed by atoms with van der Waals surface area (Å²) in [5, 5.41) is 2.59. The molecule has 0 saturated carbocycles. The van der Waals surface area contributed by atoms with Crippen LogP contribution in [-0.2, 0) is 23.3 Å². The fourth-order valence-corrected chi connectivity index (χ4v) is 6.02. The Bertz CT molecular complexity index is 1280. The molecular weight excluding hydrogens is 525 g/mol. The van der Waals surface area contributed by atoms with E-state index < -0.39 is 45.0 Å². The summed E-state index contributed by atoms with van der Waals surface area (Å²) in [6.45, 7) is 20.3. The maximum atomic E-state index is 12.8. The summed E-state index contributed by atoms with van der Waals surface area (Å²) in [6, 6.07) is 0.0518. The lowest BCUT2D eigenvalue weighted by atomic mass is 10.1. The van der Waals surface area contributed by atoms with Crippen LogP contribution in [0, 0.1) is 12.5 Å². The van der Waals surface area contributed by atoms with Gasteiger partial charge in [-0.1, -0.05) is 20.8 Å². The minimum Gasteiger partial charge on any atom is -0.374 e. The number of carbonyl (C=O) groups is 1. The molecule has 216 valence electrons. The fraction of sp³-hybridized carbons (Fsp3) is 0.720. The first kappa shape index (κ1) is 28.1. The average molecular weight is 568 g/mol. The largest absolute Gasteiger partial charge is 0.374 e. The molecule has 0 radical (unpaired) electrons. The molecule has 1 amide bonds. The zero-order chi connectivity index (χ0) is 30.6. The highest BCUT2D eigenvalue weighted by Gasteiger charge is 2.49. The molecule has 1 aliphatic heterocycles. The summed E-state index contributed by atoms with van der Waals surface area (Å²) in [4.78, 5) is 39.5. The summed E-state index contributed by atoms with van der Waals surface area (Å²) in [6.07, 6.45) is -4.39. The molecule has 1 fully saturated rings. The second-order valence-corrected chi connectivity index (χ2v) is 11.3. The van der Waals surface area contributed by atoms with E-state index in [-0.39, 0.29) is 54.2 Å². The number of hydrogen-bond donors (Lipinski definition) is 2. The maximum absolute atomic E-state index is 12.8. The van der Waals surface area contributed by atoms with Gasteiger partial charge in [0.25, 0.3) is 14.1 Å².